The van der Waals surface area contributed by atoms with Crippen molar-refractivity contribution >= 4 is 35.3 Å². The third-order valence-electron chi connectivity index (χ3n) is 7.62. The molecular weight excluding hydrogens is 490 g/mol. The zero-order valence-electron chi connectivity index (χ0n) is 22.0. The molecule has 0 spiro atoms. The number of benzene rings is 1. The number of likely N-dealkylation sites (N-methyl/N-ethyl adjacent to an activating group) is 1. The van der Waals surface area contributed by atoms with Crippen LogP contribution in [0, 0.1) is 0 Å². The van der Waals surface area contributed by atoms with E-state index in [-0.39, 0.29) is 48.6 Å². The van der Waals surface area contributed by atoms with Crippen molar-refractivity contribution in [2.75, 3.05) is 12.4 Å². The largest absolute Gasteiger partial charge is 0.452 e. The molecule has 0 radical (unpaired) electrons. The lowest BCUT2D eigenvalue weighted by Crippen LogP contribution is -2.57. The fourth-order valence-corrected chi connectivity index (χ4v) is 5.35. The smallest absolute Gasteiger partial charge is 0.306 e. The first-order valence-electron chi connectivity index (χ1n) is 13.4. The molecule has 3 aliphatic rings. The molecule has 3 heterocycles. The molecule has 1 aromatic rings. The Labute approximate surface area is 222 Å². The molecule has 38 heavy (non-hydrogen) atoms. The Morgan fingerprint density at radius 3 is 2.58 bits per heavy atom. The first-order valence-corrected chi connectivity index (χ1v) is 13.4. The fraction of sp³-hybridized carbons (Fsp3) is 0.593. The molecule has 11 heteroatoms. The van der Waals surface area contributed by atoms with Gasteiger partial charge < -0.3 is 30.9 Å². The Hall–Kier alpha value is -3.47. The average molecular weight is 528 g/mol. The average Bonchev–Trinajstić information content (AvgIpc) is 3.53. The van der Waals surface area contributed by atoms with Gasteiger partial charge in [-0.25, -0.2) is 0 Å². The molecule has 4 N–H and O–H groups in total. The fourth-order valence-electron chi connectivity index (χ4n) is 5.35. The summed E-state index contributed by atoms with van der Waals surface area (Å²) in [5.74, 6) is -1.42. The lowest BCUT2D eigenvalue weighted by atomic mass is 9.98. The molecule has 5 atom stereocenters. The zero-order chi connectivity index (χ0) is 27.2. The number of rotatable bonds is 8. The van der Waals surface area contributed by atoms with E-state index in [4.69, 9.17) is 4.74 Å². The van der Waals surface area contributed by atoms with Crippen LogP contribution in [0.1, 0.15) is 63.9 Å². The van der Waals surface area contributed by atoms with Gasteiger partial charge >= 0.3 is 5.97 Å². The molecule has 0 aromatic heterocycles. The summed E-state index contributed by atoms with van der Waals surface area (Å²) in [6.45, 7) is 1.96. The van der Waals surface area contributed by atoms with Crippen LogP contribution in [0.4, 0.5) is 5.69 Å². The van der Waals surface area contributed by atoms with E-state index in [1.165, 1.54) is 0 Å². The van der Waals surface area contributed by atoms with Crippen molar-refractivity contribution in [2.24, 2.45) is 0 Å². The van der Waals surface area contributed by atoms with Crippen molar-refractivity contribution in [1.82, 2.24) is 20.9 Å². The molecule has 4 amide bonds. The molecule has 4 unspecified atom stereocenters. The van der Waals surface area contributed by atoms with Crippen LogP contribution in [-0.2, 0) is 35.3 Å². The number of carbonyl (C=O) groups is 5. The zero-order valence-corrected chi connectivity index (χ0v) is 22.0. The maximum atomic E-state index is 13.5. The standard InChI is InChI=1S/C27H37N5O6/c1-16(28-2)24(34)31-20-9-4-3-8-19-10-11-21(32(19)27(20)37)25(35)29-15-17-6-5-7-18(14-17)30-26(36)22-12-13-23(33)38-22/h5-7,14,16,19-22,28H,3-4,8-13,15H2,1-2H3,(H,29,35)(H,30,36)(H,31,34)/t16-,19?,20?,21?,22?/m0/s1. The van der Waals surface area contributed by atoms with Gasteiger partial charge in [-0.05, 0) is 57.4 Å². The van der Waals surface area contributed by atoms with Crippen molar-refractivity contribution in [3.63, 3.8) is 0 Å². The van der Waals surface area contributed by atoms with Gasteiger partial charge in [0.25, 0.3) is 5.91 Å². The summed E-state index contributed by atoms with van der Waals surface area (Å²) in [5, 5.41) is 11.5. The number of hydrogen-bond donors (Lipinski definition) is 4. The van der Waals surface area contributed by atoms with Crippen LogP contribution in [-0.4, -0.2) is 71.8 Å². The van der Waals surface area contributed by atoms with Gasteiger partial charge in [0.15, 0.2) is 6.10 Å². The quantitative estimate of drug-likeness (QED) is 0.369. The Balaban J connectivity index is 1.37. The van der Waals surface area contributed by atoms with Gasteiger partial charge in [-0.3, -0.25) is 24.0 Å². The van der Waals surface area contributed by atoms with Gasteiger partial charge in [0.05, 0.1) is 6.04 Å². The van der Waals surface area contributed by atoms with E-state index in [0.717, 1.165) is 31.2 Å². The highest BCUT2D eigenvalue weighted by Gasteiger charge is 2.43. The van der Waals surface area contributed by atoms with Gasteiger partial charge in [-0.2, -0.15) is 0 Å². The second kappa shape index (κ2) is 12.4. The molecule has 1 aromatic carbocycles. The molecule has 3 aliphatic heterocycles. The Kier molecular flexibility index (Phi) is 8.98. The lowest BCUT2D eigenvalue weighted by Gasteiger charge is -2.35. The predicted molar refractivity (Wildman–Crippen MR) is 139 cm³/mol. The van der Waals surface area contributed by atoms with Crippen molar-refractivity contribution in [1.29, 1.82) is 0 Å². The minimum Gasteiger partial charge on any atom is -0.452 e. The van der Waals surface area contributed by atoms with Crippen LogP contribution < -0.4 is 21.3 Å². The van der Waals surface area contributed by atoms with Gasteiger partial charge in [0.2, 0.25) is 17.7 Å². The van der Waals surface area contributed by atoms with Crippen LogP contribution in [0.25, 0.3) is 0 Å². The number of anilines is 1. The van der Waals surface area contributed by atoms with E-state index in [1.807, 2.05) is 6.07 Å². The Bertz CT molecular complexity index is 1080. The topological polar surface area (TPSA) is 146 Å². The summed E-state index contributed by atoms with van der Waals surface area (Å²) in [4.78, 5) is 64.6. The molecule has 0 aliphatic carbocycles. The van der Waals surface area contributed by atoms with Crippen molar-refractivity contribution in [3.8, 4) is 0 Å². The summed E-state index contributed by atoms with van der Waals surface area (Å²) in [7, 11) is 1.69. The molecule has 0 saturated carbocycles. The summed E-state index contributed by atoms with van der Waals surface area (Å²) in [5.41, 5.74) is 1.32. The van der Waals surface area contributed by atoms with E-state index in [0.29, 0.717) is 24.9 Å². The summed E-state index contributed by atoms with van der Waals surface area (Å²) < 4.78 is 5.01. The third-order valence-corrected chi connectivity index (χ3v) is 7.62. The molecule has 206 valence electrons. The van der Waals surface area contributed by atoms with Crippen LogP contribution in [0.15, 0.2) is 24.3 Å². The SMILES string of the molecule is CN[C@@H](C)C(=O)NC1CCCCC2CCC(C(=O)NCc3cccc(NC(=O)C4CCC(=O)O4)c3)N2C1=O. The number of carbonyl (C=O) groups excluding carboxylic acids is 5. The summed E-state index contributed by atoms with van der Waals surface area (Å²) in [6.07, 6.45) is 4.32. The number of esters is 1. The van der Waals surface area contributed by atoms with Crippen molar-refractivity contribution in [3.05, 3.63) is 29.8 Å². The van der Waals surface area contributed by atoms with Crippen molar-refractivity contribution in [2.45, 2.75) is 95.1 Å². The minimum absolute atomic E-state index is 0.0112. The number of fused-ring (bicyclic) bond motifs is 1. The van der Waals surface area contributed by atoms with E-state index in [9.17, 15) is 24.0 Å². The third kappa shape index (κ3) is 6.50. The van der Waals surface area contributed by atoms with Gasteiger partial charge in [0.1, 0.15) is 12.1 Å². The first-order chi connectivity index (χ1) is 18.3. The maximum Gasteiger partial charge on any atom is 0.306 e. The van der Waals surface area contributed by atoms with E-state index in [1.54, 1.807) is 37.1 Å². The van der Waals surface area contributed by atoms with Crippen molar-refractivity contribution < 1.29 is 28.7 Å². The molecule has 11 nitrogen and oxygen atoms in total. The molecule has 0 bridgehead atoms. The number of nitrogens with one attached hydrogen (secondary N) is 4. The monoisotopic (exact) mass is 527 g/mol. The summed E-state index contributed by atoms with van der Waals surface area (Å²) >= 11 is 0. The second-order valence-electron chi connectivity index (χ2n) is 10.3. The Morgan fingerprint density at radius 1 is 1.05 bits per heavy atom. The molecule has 4 rings (SSSR count). The van der Waals surface area contributed by atoms with E-state index < -0.39 is 24.2 Å². The highest BCUT2D eigenvalue weighted by Crippen LogP contribution is 2.31. The number of nitrogens with zero attached hydrogens (tertiary/aromatic N) is 1. The predicted octanol–water partition coefficient (Wildman–Crippen LogP) is 0.973. The number of hydrogen-bond acceptors (Lipinski definition) is 7. The van der Waals surface area contributed by atoms with Crippen LogP contribution in [0.5, 0.6) is 0 Å². The van der Waals surface area contributed by atoms with E-state index >= 15 is 0 Å². The van der Waals surface area contributed by atoms with Gasteiger partial charge in [-0.15, -0.1) is 0 Å². The van der Waals surface area contributed by atoms with Crippen LogP contribution in [0.2, 0.25) is 0 Å². The van der Waals surface area contributed by atoms with Crippen LogP contribution >= 0.6 is 0 Å². The number of ether oxygens (including phenoxy) is 1. The molecule has 3 fully saturated rings. The Morgan fingerprint density at radius 2 is 1.84 bits per heavy atom. The summed E-state index contributed by atoms with van der Waals surface area (Å²) in [6, 6.07) is 5.41. The number of amides is 4. The van der Waals surface area contributed by atoms with E-state index in [2.05, 4.69) is 21.3 Å². The molecular formula is C27H37N5O6. The number of cyclic esters (lactones) is 1. The van der Waals surface area contributed by atoms with Crippen LogP contribution in [0.3, 0.4) is 0 Å². The highest BCUT2D eigenvalue weighted by molar-refractivity contribution is 5.97. The normalized spacial score (nSPS) is 26.0. The second-order valence-corrected chi connectivity index (χ2v) is 10.3. The van der Waals surface area contributed by atoms with Gasteiger partial charge in [0, 0.05) is 31.1 Å². The first kappa shape index (κ1) is 27.6. The minimum atomic E-state index is -0.786. The molecule has 3 saturated heterocycles. The highest BCUT2D eigenvalue weighted by atomic mass is 16.6. The maximum absolute atomic E-state index is 13.5. The van der Waals surface area contributed by atoms with Gasteiger partial charge in [-0.1, -0.05) is 25.0 Å². The lowest BCUT2D eigenvalue weighted by molar-refractivity contribution is -0.146.